The van der Waals surface area contributed by atoms with E-state index in [1.165, 1.54) is 17.8 Å². The SMILES string of the molecule is Cl.NCC(NC(=O)C1CSC(Cc2ccccc2F)C(=O)N1)C1CC1. The third-order valence-electron chi connectivity index (χ3n) is 4.53. The second kappa shape index (κ2) is 8.87. The van der Waals surface area contributed by atoms with E-state index in [4.69, 9.17) is 5.73 Å². The lowest BCUT2D eigenvalue weighted by atomic mass is 10.1. The van der Waals surface area contributed by atoms with Gasteiger partial charge in [0.15, 0.2) is 0 Å². The Balaban J connectivity index is 0.00000225. The summed E-state index contributed by atoms with van der Waals surface area (Å²) in [7, 11) is 0. The molecule has 1 aromatic rings. The minimum Gasteiger partial charge on any atom is -0.350 e. The molecule has 1 saturated carbocycles. The highest BCUT2D eigenvalue weighted by Gasteiger charge is 2.36. The number of amides is 2. The third-order valence-corrected chi connectivity index (χ3v) is 5.83. The van der Waals surface area contributed by atoms with E-state index in [1.807, 2.05) is 0 Å². The van der Waals surface area contributed by atoms with Crippen molar-refractivity contribution in [2.45, 2.75) is 36.6 Å². The van der Waals surface area contributed by atoms with Crippen LogP contribution in [0.4, 0.5) is 4.39 Å². The van der Waals surface area contributed by atoms with Crippen molar-refractivity contribution >= 4 is 36.0 Å². The molecule has 1 aliphatic carbocycles. The number of nitrogens with one attached hydrogen (secondary N) is 2. The third kappa shape index (κ3) is 5.09. The van der Waals surface area contributed by atoms with Gasteiger partial charge >= 0.3 is 0 Å². The van der Waals surface area contributed by atoms with Crippen LogP contribution in [0.2, 0.25) is 0 Å². The predicted octanol–water partition coefficient (Wildman–Crippen LogP) is 1.24. The molecule has 1 heterocycles. The number of benzene rings is 1. The molecule has 138 valence electrons. The molecular formula is C17H23ClFN3O2S. The first-order valence-electron chi connectivity index (χ1n) is 8.24. The predicted molar refractivity (Wildman–Crippen MR) is 99.2 cm³/mol. The maximum absolute atomic E-state index is 13.7. The lowest BCUT2D eigenvalue weighted by Gasteiger charge is -2.29. The van der Waals surface area contributed by atoms with Crippen molar-refractivity contribution in [1.82, 2.24) is 10.6 Å². The van der Waals surface area contributed by atoms with Gasteiger partial charge in [0.2, 0.25) is 11.8 Å². The molecule has 4 N–H and O–H groups in total. The van der Waals surface area contributed by atoms with Gasteiger partial charge in [0.1, 0.15) is 11.9 Å². The summed E-state index contributed by atoms with van der Waals surface area (Å²) in [6.45, 7) is 0.417. The fourth-order valence-electron chi connectivity index (χ4n) is 2.90. The Hall–Kier alpha value is -1.31. The van der Waals surface area contributed by atoms with Crippen LogP contribution in [0.1, 0.15) is 18.4 Å². The number of thioether (sulfide) groups is 1. The molecule has 2 fully saturated rings. The van der Waals surface area contributed by atoms with Crippen LogP contribution in [0.15, 0.2) is 24.3 Å². The van der Waals surface area contributed by atoms with Crippen molar-refractivity contribution in [2.75, 3.05) is 12.3 Å². The zero-order valence-corrected chi connectivity index (χ0v) is 15.4. The van der Waals surface area contributed by atoms with Crippen molar-refractivity contribution in [1.29, 1.82) is 0 Å². The van der Waals surface area contributed by atoms with Crippen molar-refractivity contribution in [3.63, 3.8) is 0 Å². The summed E-state index contributed by atoms with van der Waals surface area (Å²) in [5.74, 6) is 0.257. The summed E-state index contributed by atoms with van der Waals surface area (Å²) in [6.07, 6.45) is 2.52. The summed E-state index contributed by atoms with van der Waals surface area (Å²) in [4.78, 5) is 24.6. The minimum absolute atomic E-state index is 0. The van der Waals surface area contributed by atoms with Crippen molar-refractivity contribution < 1.29 is 14.0 Å². The fourth-order valence-corrected chi connectivity index (χ4v) is 4.08. The molecule has 2 amide bonds. The first-order chi connectivity index (χ1) is 11.6. The van der Waals surface area contributed by atoms with Crippen molar-refractivity contribution in [2.24, 2.45) is 11.7 Å². The molecule has 8 heteroatoms. The largest absolute Gasteiger partial charge is 0.350 e. The Kier molecular flexibility index (Phi) is 7.10. The van der Waals surface area contributed by atoms with Crippen LogP contribution >= 0.6 is 24.2 Å². The summed E-state index contributed by atoms with van der Waals surface area (Å²) in [5.41, 5.74) is 6.22. The highest BCUT2D eigenvalue weighted by molar-refractivity contribution is 8.00. The molecule has 2 aliphatic rings. The van der Waals surface area contributed by atoms with Gasteiger partial charge in [-0.05, 0) is 36.8 Å². The van der Waals surface area contributed by atoms with Gasteiger partial charge in [-0.25, -0.2) is 4.39 Å². The molecule has 0 spiro atoms. The Bertz CT molecular complexity index is 630. The molecule has 0 bridgehead atoms. The van der Waals surface area contributed by atoms with E-state index >= 15 is 0 Å². The van der Waals surface area contributed by atoms with E-state index in [-0.39, 0.29) is 41.3 Å². The molecule has 1 aliphatic heterocycles. The molecule has 0 radical (unpaired) electrons. The van der Waals surface area contributed by atoms with Crippen LogP contribution in [0.3, 0.4) is 0 Å². The van der Waals surface area contributed by atoms with E-state index in [1.54, 1.807) is 18.2 Å². The highest BCUT2D eigenvalue weighted by atomic mass is 35.5. The molecule has 3 unspecified atom stereocenters. The van der Waals surface area contributed by atoms with Gasteiger partial charge in [0.25, 0.3) is 0 Å². The molecular weight excluding hydrogens is 365 g/mol. The van der Waals surface area contributed by atoms with E-state index in [9.17, 15) is 14.0 Å². The standard InChI is InChI=1S/C17H22FN3O2S.ClH/c18-12-4-2-1-3-11(12)7-15-17(23)21-14(9-24-15)16(22)20-13(8-19)10-5-6-10;/h1-4,10,13-15H,5-9,19H2,(H,20,22)(H,21,23);1H. The Morgan fingerprint density at radius 3 is 2.72 bits per heavy atom. The summed E-state index contributed by atoms with van der Waals surface area (Å²) >= 11 is 1.40. The average Bonchev–Trinajstić information content (AvgIpc) is 3.41. The minimum atomic E-state index is -0.549. The van der Waals surface area contributed by atoms with Gasteiger partial charge in [-0.15, -0.1) is 24.2 Å². The normalized spacial score (nSPS) is 24.0. The zero-order chi connectivity index (χ0) is 17.1. The summed E-state index contributed by atoms with van der Waals surface area (Å²) in [5, 5.41) is 5.32. The lowest BCUT2D eigenvalue weighted by Crippen LogP contribution is -2.57. The molecule has 1 saturated heterocycles. The van der Waals surface area contributed by atoms with Gasteiger partial charge in [-0.2, -0.15) is 0 Å². The molecule has 3 atom stereocenters. The number of carbonyl (C=O) groups is 2. The average molecular weight is 388 g/mol. The van der Waals surface area contributed by atoms with Crippen LogP contribution < -0.4 is 16.4 Å². The number of nitrogens with two attached hydrogens (primary N) is 1. The number of rotatable bonds is 6. The van der Waals surface area contributed by atoms with Crippen molar-refractivity contribution in [3.05, 3.63) is 35.6 Å². The first kappa shape index (κ1) is 20.0. The van der Waals surface area contributed by atoms with E-state index < -0.39 is 6.04 Å². The number of hydrogen-bond donors (Lipinski definition) is 3. The van der Waals surface area contributed by atoms with Gasteiger partial charge in [0, 0.05) is 18.3 Å². The molecule has 1 aromatic carbocycles. The number of hydrogen-bond acceptors (Lipinski definition) is 4. The van der Waals surface area contributed by atoms with Crippen LogP contribution in [0.5, 0.6) is 0 Å². The zero-order valence-electron chi connectivity index (χ0n) is 13.7. The van der Waals surface area contributed by atoms with Crippen LogP contribution in [0.25, 0.3) is 0 Å². The maximum Gasteiger partial charge on any atom is 0.243 e. The van der Waals surface area contributed by atoms with E-state index in [0.717, 1.165) is 12.8 Å². The molecule has 3 rings (SSSR count). The quantitative estimate of drug-likeness (QED) is 0.685. The fraction of sp³-hybridized carbons (Fsp3) is 0.529. The van der Waals surface area contributed by atoms with E-state index in [0.29, 0.717) is 30.2 Å². The van der Waals surface area contributed by atoms with Crippen LogP contribution in [0, 0.1) is 11.7 Å². The second-order valence-corrected chi connectivity index (χ2v) is 7.60. The molecule has 25 heavy (non-hydrogen) atoms. The Labute approximate surface area is 157 Å². The topological polar surface area (TPSA) is 84.2 Å². The number of carbonyl (C=O) groups excluding carboxylic acids is 2. The summed E-state index contributed by atoms with van der Waals surface area (Å²) in [6, 6.07) is 5.90. The van der Waals surface area contributed by atoms with Gasteiger partial charge < -0.3 is 16.4 Å². The smallest absolute Gasteiger partial charge is 0.243 e. The maximum atomic E-state index is 13.7. The highest BCUT2D eigenvalue weighted by Crippen LogP contribution is 2.32. The first-order valence-corrected chi connectivity index (χ1v) is 9.29. The van der Waals surface area contributed by atoms with Gasteiger partial charge in [0.05, 0.1) is 5.25 Å². The Morgan fingerprint density at radius 1 is 1.40 bits per heavy atom. The molecule has 0 aromatic heterocycles. The lowest BCUT2D eigenvalue weighted by molar-refractivity contribution is -0.129. The van der Waals surface area contributed by atoms with Crippen LogP contribution in [-0.4, -0.2) is 41.4 Å². The second-order valence-electron chi connectivity index (χ2n) is 6.37. The van der Waals surface area contributed by atoms with Crippen LogP contribution in [-0.2, 0) is 16.0 Å². The van der Waals surface area contributed by atoms with E-state index in [2.05, 4.69) is 10.6 Å². The summed E-state index contributed by atoms with van der Waals surface area (Å²) < 4.78 is 13.7. The van der Waals surface area contributed by atoms with Crippen molar-refractivity contribution in [3.8, 4) is 0 Å². The monoisotopic (exact) mass is 387 g/mol. The molecule has 5 nitrogen and oxygen atoms in total. The van der Waals surface area contributed by atoms with Gasteiger partial charge in [-0.1, -0.05) is 18.2 Å². The Morgan fingerprint density at radius 2 is 2.12 bits per heavy atom. The van der Waals surface area contributed by atoms with Gasteiger partial charge in [-0.3, -0.25) is 9.59 Å². The number of halogens is 2.